The van der Waals surface area contributed by atoms with Gasteiger partial charge in [-0.05, 0) is 36.9 Å². The number of hydrogen-bond acceptors (Lipinski definition) is 7. The van der Waals surface area contributed by atoms with Gasteiger partial charge in [-0.3, -0.25) is 4.79 Å². The minimum absolute atomic E-state index is 0.00493. The SMILES string of the molecule is CCCCCCC(NCCCCCCO)c1nc(Cc2ccccc2)c(N(CC(=O)OC)Cc2ccccc2)o1. The molecule has 7 heteroatoms. The van der Waals surface area contributed by atoms with Crippen molar-refractivity contribution in [2.75, 3.05) is 31.7 Å². The average molecular weight is 550 g/mol. The number of unbranched alkanes of at least 4 members (excludes halogenated alkanes) is 6. The monoisotopic (exact) mass is 549 g/mol. The zero-order valence-electron chi connectivity index (χ0n) is 24.3. The van der Waals surface area contributed by atoms with Crippen LogP contribution in [0.4, 0.5) is 5.88 Å². The number of methoxy groups -OCH3 is 1. The summed E-state index contributed by atoms with van der Waals surface area (Å²) in [6.45, 7) is 3.92. The molecule has 0 fully saturated rings. The van der Waals surface area contributed by atoms with Gasteiger partial charge in [0.2, 0.25) is 11.8 Å². The Morgan fingerprint density at radius 3 is 2.30 bits per heavy atom. The van der Waals surface area contributed by atoms with Gasteiger partial charge in [0, 0.05) is 19.6 Å². The number of oxazole rings is 1. The lowest BCUT2D eigenvalue weighted by Gasteiger charge is -2.22. The summed E-state index contributed by atoms with van der Waals surface area (Å²) >= 11 is 0. The maximum atomic E-state index is 12.5. The highest BCUT2D eigenvalue weighted by atomic mass is 16.5. The molecule has 2 aromatic carbocycles. The predicted octanol–water partition coefficient (Wildman–Crippen LogP) is 6.60. The third-order valence-electron chi connectivity index (χ3n) is 7.08. The number of ether oxygens (including phenoxy) is 1. The first-order valence-electron chi connectivity index (χ1n) is 14.9. The molecule has 218 valence electrons. The van der Waals surface area contributed by atoms with Crippen LogP contribution in [-0.2, 0) is 22.5 Å². The summed E-state index contributed by atoms with van der Waals surface area (Å²) in [7, 11) is 1.41. The van der Waals surface area contributed by atoms with E-state index < -0.39 is 0 Å². The van der Waals surface area contributed by atoms with Gasteiger partial charge in [0.15, 0.2) is 0 Å². The molecule has 0 bridgehead atoms. The van der Waals surface area contributed by atoms with E-state index in [1.165, 1.54) is 26.4 Å². The van der Waals surface area contributed by atoms with E-state index in [2.05, 4.69) is 24.4 Å². The zero-order chi connectivity index (χ0) is 28.4. The van der Waals surface area contributed by atoms with Crippen LogP contribution in [0.1, 0.15) is 93.5 Å². The van der Waals surface area contributed by atoms with Gasteiger partial charge >= 0.3 is 5.97 Å². The molecule has 2 N–H and O–H groups in total. The van der Waals surface area contributed by atoms with Crippen LogP contribution in [0.15, 0.2) is 65.1 Å². The number of esters is 1. The van der Waals surface area contributed by atoms with Gasteiger partial charge in [-0.2, -0.15) is 0 Å². The molecular weight excluding hydrogens is 502 g/mol. The van der Waals surface area contributed by atoms with Gasteiger partial charge in [-0.25, -0.2) is 4.98 Å². The number of aromatic nitrogens is 1. The molecule has 0 spiro atoms. The highest BCUT2D eigenvalue weighted by Gasteiger charge is 2.26. The van der Waals surface area contributed by atoms with Crippen molar-refractivity contribution in [3.05, 3.63) is 83.4 Å². The van der Waals surface area contributed by atoms with Crippen molar-refractivity contribution in [2.45, 2.75) is 83.7 Å². The average Bonchev–Trinajstić information content (AvgIpc) is 3.40. The predicted molar refractivity (Wildman–Crippen MR) is 160 cm³/mol. The van der Waals surface area contributed by atoms with Gasteiger partial charge in [0.05, 0.1) is 13.2 Å². The number of benzene rings is 2. The number of hydrogen-bond donors (Lipinski definition) is 2. The Labute approximate surface area is 240 Å². The molecule has 0 radical (unpaired) electrons. The normalized spacial score (nSPS) is 11.9. The maximum absolute atomic E-state index is 12.5. The number of aliphatic hydroxyl groups excluding tert-OH is 1. The number of anilines is 1. The second kappa shape index (κ2) is 18.2. The molecule has 7 nitrogen and oxygen atoms in total. The Hall–Kier alpha value is -3.16. The van der Waals surface area contributed by atoms with Crippen LogP contribution in [-0.4, -0.2) is 42.9 Å². The van der Waals surface area contributed by atoms with Gasteiger partial charge in [0.25, 0.3) is 0 Å². The van der Waals surface area contributed by atoms with Crippen molar-refractivity contribution in [3.63, 3.8) is 0 Å². The van der Waals surface area contributed by atoms with Crippen molar-refractivity contribution < 1.29 is 19.1 Å². The lowest BCUT2D eigenvalue weighted by Crippen LogP contribution is -2.30. The van der Waals surface area contributed by atoms with Crippen molar-refractivity contribution >= 4 is 11.9 Å². The van der Waals surface area contributed by atoms with Crippen LogP contribution >= 0.6 is 0 Å². The highest BCUT2D eigenvalue weighted by molar-refractivity contribution is 5.75. The molecule has 40 heavy (non-hydrogen) atoms. The highest BCUT2D eigenvalue weighted by Crippen LogP contribution is 2.31. The van der Waals surface area contributed by atoms with E-state index in [0.717, 1.165) is 61.9 Å². The summed E-state index contributed by atoms with van der Waals surface area (Å²) in [5.41, 5.74) is 3.04. The minimum atomic E-state index is -0.323. The zero-order valence-corrected chi connectivity index (χ0v) is 24.3. The Kier molecular flexibility index (Phi) is 14.3. The van der Waals surface area contributed by atoms with Gasteiger partial charge in [-0.15, -0.1) is 0 Å². The van der Waals surface area contributed by atoms with E-state index in [1.807, 2.05) is 53.4 Å². The number of carbonyl (C=O) groups excluding carboxylic acids is 1. The van der Waals surface area contributed by atoms with Crippen LogP contribution in [0.25, 0.3) is 0 Å². The van der Waals surface area contributed by atoms with E-state index >= 15 is 0 Å². The van der Waals surface area contributed by atoms with Crippen molar-refractivity contribution in [1.82, 2.24) is 10.3 Å². The molecule has 3 aromatic rings. The number of aliphatic hydroxyl groups is 1. The molecule has 0 saturated heterocycles. The maximum Gasteiger partial charge on any atom is 0.325 e. The first-order valence-corrected chi connectivity index (χ1v) is 14.9. The number of rotatable bonds is 20. The van der Waals surface area contributed by atoms with Gasteiger partial charge in [0.1, 0.15) is 12.2 Å². The molecule has 1 aromatic heterocycles. The van der Waals surface area contributed by atoms with Crippen LogP contribution in [0.3, 0.4) is 0 Å². The lowest BCUT2D eigenvalue weighted by molar-refractivity contribution is -0.139. The summed E-state index contributed by atoms with van der Waals surface area (Å²) in [6.07, 6.45) is 10.2. The Morgan fingerprint density at radius 1 is 0.950 bits per heavy atom. The van der Waals surface area contributed by atoms with E-state index in [9.17, 15) is 4.79 Å². The molecule has 1 heterocycles. The van der Waals surface area contributed by atoms with E-state index in [0.29, 0.717) is 24.7 Å². The van der Waals surface area contributed by atoms with Crippen LogP contribution in [0.2, 0.25) is 0 Å². The first kappa shape index (κ1) is 31.4. The summed E-state index contributed by atoms with van der Waals surface area (Å²) in [6, 6.07) is 20.3. The minimum Gasteiger partial charge on any atom is -0.468 e. The standard InChI is InChI=1S/C33H47N3O4/c1-3-4-5-14-21-29(34-22-15-6-7-16-23-37)32-35-30(24-27-17-10-8-11-18-27)33(40-32)36(26-31(38)39-2)25-28-19-12-9-13-20-28/h8-13,17-20,29,34,37H,3-7,14-16,21-26H2,1-2H3. The van der Waals surface area contributed by atoms with Gasteiger partial charge < -0.3 is 24.5 Å². The molecule has 0 aliphatic heterocycles. The second-order valence-corrected chi connectivity index (χ2v) is 10.4. The summed E-state index contributed by atoms with van der Waals surface area (Å²) < 4.78 is 11.6. The van der Waals surface area contributed by atoms with Crippen LogP contribution in [0, 0.1) is 0 Å². The van der Waals surface area contributed by atoms with Crippen molar-refractivity contribution in [3.8, 4) is 0 Å². The largest absolute Gasteiger partial charge is 0.468 e. The van der Waals surface area contributed by atoms with E-state index in [1.54, 1.807) is 0 Å². The van der Waals surface area contributed by atoms with E-state index in [-0.39, 0.29) is 25.2 Å². The number of carbonyl (C=O) groups is 1. The molecule has 0 aliphatic carbocycles. The van der Waals surface area contributed by atoms with Gasteiger partial charge in [-0.1, -0.05) is 106 Å². The first-order chi connectivity index (χ1) is 19.6. The Morgan fingerprint density at radius 2 is 1.62 bits per heavy atom. The summed E-state index contributed by atoms with van der Waals surface area (Å²) in [5.74, 6) is 0.976. The Balaban J connectivity index is 1.91. The second-order valence-electron chi connectivity index (χ2n) is 10.4. The number of nitrogens with one attached hydrogen (secondary N) is 1. The van der Waals surface area contributed by atoms with Crippen molar-refractivity contribution in [2.24, 2.45) is 0 Å². The molecule has 3 rings (SSSR count). The quantitative estimate of drug-likeness (QED) is 0.121. The summed E-state index contributed by atoms with van der Waals surface area (Å²) in [5, 5.41) is 12.8. The van der Waals surface area contributed by atoms with Crippen LogP contribution < -0.4 is 10.2 Å². The molecule has 1 unspecified atom stereocenters. The molecule has 1 atom stereocenters. The molecule has 0 amide bonds. The fourth-order valence-electron chi connectivity index (χ4n) is 4.84. The third kappa shape index (κ3) is 10.8. The smallest absolute Gasteiger partial charge is 0.325 e. The topological polar surface area (TPSA) is 87.8 Å². The van der Waals surface area contributed by atoms with Crippen molar-refractivity contribution in [1.29, 1.82) is 0 Å². The molecule has 0 saturated carbocycles. The summed E-state index contributed by atoms with van der Waals surface area (Å²) in [4.78, 5) is 19.5. The third-order valence-corrected chi connectivity index (χ3v) is 7.08. The molecule has 0 aliphatic rings. The lowest BCUT2D eigenvalue weighted by atomic mass is 10.1. The molecular formula is C33H47N3O4. The van der Waals surface area contributed by atoms with E-state index in [4.69, 9.17) is 19.2 Å². The fourth-order valence-corrected chi connectivity index (χ4v) is 4.84. The van der Waals surface area contributed by atoms with Crippen LogP contribution in [0.5, 0.6) is 0 Å². The fraction of sp³-hybridized carbons (Fsp3) is 0.515. The number of nitrogens with zero attached hydrogens (tertiary/aromatic N) is 2. The Bertz CT molecular complexity index is 1090.